The average molecular weight is 375 g/mol. The lowest BCUT2D eigenvalue weighted by Gasteiger charge is -2.11. The van der Waals surface area contributed by atoms with Crippen molar-refractivity contribution < 1.29 is 13.9 Å². The minimum atomic E-state index is -0.268. The number of imidazole rings is 1. The summed E-state index contributed by atoms with van der Waals surface area (Å²) in [4.78, 5) is 4.32. The van der Waals surface area contributed by atoms with Crippen molar-refractivity contribution in [1.29, 1.82) is 0 Å². The second-order valence-electron chi connectivity index (χ2n) is 6.15. The van der Waals surface area contributed by atoms with Crippen molar-refractivity contribution in [3.05, 3.63) is 90.0 Å². The number of halogens is 1. The lowest BCUT2D eigenvalue weighted by atomic mass is 10.2. The van der Waals surface area contributed by atoms with Gasteiger partial charge in [0.2, 0.25) is 0 Å². The van der Waals surface area contributed by atoms with E-state index in [2.05, 4.69) is 10.1 Å². The molecule has 0 spiro atoms. The predicted octanol–water partition coefficient (Wildman–Crippen LogP) is 4.65. The Morgan fingerprint density at radius 3 is 2.68 bits per heavy atom. The Labute approximate surface area is 161 Å². The summed E-state index contributed by atoms with van der Waals surface area (Å²) < 4.78 is 26.0. The maximum absolute atomic E-state index is 13.0. The van der Waals surface area contributed by atoms with E-state index in [1.165, 1.54) is 12.1 Å². The Balaban J connectivity index is 1.50. The van der Waals surface area contributed by atoms with Crippen molar-refractivity contribution in [3.63, 3.8) is 0 Å². The van der Waals surface area contributed by atoms with Gasteiger partial charge in [-0.15, -0.1) is 0 Å². The molecular weight excluding hydrogens is 357 g/mol. The van der Waals surface area contributed by atoms with Gasteiger partial charge in [-0.3, -0.25) is 0 Å². The number of hydrogen-bond acceptors (Lipinski definition) is 4. The van der Waals surface area contributed by atoms with Crippen LogP contribution in [0.3, 0.4) is 0 Å². The van der Waals surface area contributed by atoms with Crippen molar-refractivity contribution in [2.45, 2.75) is 6.61 Å². The molecule has 4 rings (SSSR count). The molecule has 4 aromatic rings. The van der Waals surface area contributed by atoms with Gasteiger partial charge in [0.05, 0.1) is 24.4 Å². The molecule has 1 heterocycles. The highest BCUT2D eigenvalue weighted by atomic mass is 19.1. The molecule has 5 nitrogen and oxygen atoms in total. The normalized spacial score (nSPS) is 11.2. The van der Waals surface area contributed by atoms with Crippen LogP contribution in [0.4, 0.5) is 4.39 Å². The first-order chi connectivity index (χ1) is 13.7. The topological polar surface area (TPSA) is 48.6 Å². The third kappa shape index (κ3) is 3.86. The summed E-state index contributed by atoms with van der Waals surface area (Å²) in [6.07, 6.45) is 3.42. The molecule has 3 aromatic carbocycles. The molecule has 28 heavy (non-hydrogen) atoms. The molecule has 0 amide bonds. The van der Waals surface area contributed by atoms with Crippen molar-refractivity contribution in [2.24, 2.45) is 5.10 Å². The molecule has 0 aliphatic carbocycles. The molecule has 0 aliphatic rings. The molecule has 0 fully saturated rings. The van der Waals surface area contributed by atoms with Crippen molar-refractivity contribution in [3.8, 4) is 11.5 Å². The highest BCUT2D eigenvalue weighted by Crippen LogP contribution is 2.28. The van der Waals surface area contributed by atoms with Gasteiger partial charge < -0.3 is 9.47 Å². The SMILES string of the molecule is COc1cc(/C=N\n2cnc3ccccc32)ccc1OCc1ccc(F)cc1. The lowest BCUT2D eigenvalue weighted by molar-refractivity contribution is 0.284. The van der Waals surface area contributed by atoms with Gasteiger partial charge in [0, 0.05) is 0 Å². The van der Waals surface area contributed by atoms with E-state index in [9.17, 15) is 4.39 Å². The Kier molecular flexibility index (Phi) is 5.01. The number of ether oxygens (including phenoxy) is 2. The molecule has 0 unspecified atom stereocenters. The zero-order chi connectivity index (χ0) is 19.3. The number of benzene rings is 3. The highest BCUT2D eigenvalue weighted by Gasteiger charge is 2.06. The second-order valence-corrected chi connectivity index (χ2v) is 6.15. The largest absolute Gasteiger partial charge is 0.493 e. The van der Waals surface area contributed by atoms with Crippen molar-refractivity contribution in [1.82, 2.24) is 9.66 Å². The van der Waals surface area contributed by atoms with Crippen molar-refractivity contribution >= 4 is 17.2 Å². The zero-order valence-electron chi connectivity index (χ0n) is 15.2. The number of methoxy groups -OCH3 is 1. The van der Waals surface area contributed by atoms with Crippen LogP contribution in [0.1, 0.15) is 11.1 Å². The van der Waals surface area contributed by atoms with Gasteiger partial charge in [-0.25, -0.2) is 14.1 Å². The van der Waals surface area contributed by atoms with Crippen LogP contribution in [0.2, 0.25) is 0 Å². The first kappa shape index (κ1) is 17.7. The molecule has 0 atom stereocenters. The number of nitrogens with zero attached hydrogens (tertiary/aromatic N) is 3. The molecule has 0 saturated carbocycles. The summed E-state index contributed by atoms with van der Waals surface area (Å²) >= 11 is 0. The monoisotopic (exact) mass is 375 g/mol. The minimum absolute atomic E-state index is 0.268. The summed E-state index contributed by atoms with van der Waals surface area (Å²) in [7, 11) is 1.59. The number of para-hydroxylation sites is 2. The Hall–Kier alpha value is -3.67. The molecule has 1 aromatic heterocycles. The van der Waals surface area contributed by atoms with E-state index < -0.39 is 0 Å². The lowest BCUT2D eigenvalue weighted by Crippen LogP contribution is -1.98. The van der Waals surface area contributed by atoms with Gasteiger partial charge in [-0.2, -0.15) is 5.10 Å². The van der Waals surface area contributed by atoms with Crippen molar-refractivity contribution in [2.75, 3.05) is 7.11 Å². The van der Waals surface area contributed by atoms with Gasteiger partial charge in [0.25, 0.3) is 0 Å². The van der Waals surface area contributed by atoms with Crippen LogP contribution in [0.25, 0.3) is 11.0 Å². The Morgan fingerprint density at radius 1 is 1.04 bits per heavy atom. The van der Waals surface area contributed by atoms with Crippen LogP contribution < -0.4 is 9.47 Å². The third-order valence-electron chi connectivity index (χ3n) is 4.26. The summed E-state index contributed by atoms with van der Waals surface area (Å²) in [5.74, 6) is 0.939. The third-order valence-corrected chi connectivity index (χ3v) is 4.26. The van der Waals surface area contributed by atoms with E-state index in [0.717, 1.165) is 22.2 Å². The van der Waals surface area contributed by atoms with E-state index in [1.807, 2.05) is 42.5 Å². The van der Waals surface area contributed by atoms with E-state index in [1.54, 1.807) is 36.5 Å². The Morgan fingerprint density at radius 2 is 1.86 bits per heavy atom. The quantitative estimate of drug-likeness (QED) is 0.461. The number of hydrogen-bond donors (Lipinski definition) is 0. The summed E-state index contributed by atoms with van der Waals surface area (Å²) in [5, 5.41) is 4.47. The van der Waals surface area contributed by atoms with E-state index >= 15 is 0 Å². The predicted molar refractivity (Wildman–Crippen MR) is 106 cm³/mol. The number of aromatic nitrogens is 2. The van der Waals surface area contributed by atoms with Gasteiger partial charge in [-0.1, -0.05) is 24.3 Å². The molecule has 0 N–H and O–H groups in total. The average Bonchev–Trinajstić information content (AvgIpc) is 3.15. The van der Waals surface area contributed by atoms with E-state index in [4.69, 9.17) is 9.47 Å². The van der Waals surface area contributed by atoms with Crippen LogP contribution in [-0.2, 0) is 6.61 Å². The standard InChI is InChI=1S/C22H18FN3O2/c1-27-22-12-17(13-25-26-15-24-19-4-2-3-5-20(19)26)8-11-21(22)28-14-16-6-9-18(23)10-7-16/h2-13,15H,14H2,1H3/b25-13-. The molecule has 0 bridgehead atoms. The number of rotatable bonds is 6. The molecule has 0 saturated heterocycles. The smallest absolute Gasteiger partial charge is 0.161 e. The van der Waals surface area contributed by atoms with Gasteiger partial charge in [-0.05, 0) is 53.6 Å². The van der Waals surface area contributed by atoms with Crippen LogP contribution >= 0.6 is 0 Å². The fourth-order valence-corrected chi connectivity index (χ4v) is 2.79. The van der Waals surface area contributed by atoms with Crippen LogP contribution in [0.15, 0.2) is 78.2 Å². The van der Waals surface area contributed by atoms with Gasteiger partial charge in [0.1, 0.15) is 18.8 Å². The molecular formula is C22H18FN3O2. The summed E-state index contributed by atoms with van der Waals surface area (Å²) in [5.41, 5.74) is 3.57. The maximum atomic E-state index is 13.0. The summed E-state index contributed by atoms with van der Waals surface area (Å²) in [6.45, 7) is 0.325. The first-order valence-corrected chi connectivity index (χ1v) is 8.74. The fraction of sp³-hybridized carbons (Fsp3) is 0.0909. The first-order valence-electron chi connectivity index (χ1n) is 8.74. The zero-order valence-corrected chi connectivity index (χ0v) is 15.2. The summed E-state index contributed by atoms with van der Waals surface area (Å²) in [6, 6.07) is 19.6. The molecule has 6 heteroatoms. The Bertz CT molecular complexity index is 1120. The second kappa shape index (κ2) is 7.92. The van der Waals surface area contributed by atoms with Gasteiger partial charge >= 0.3 is 0 Å². The molecule has 0 radical (unpaired) electrons. The van der Waals surface area contributed by atoms with E-state index in [-0.39, 0.29) is 5.82 Å². The van der Waals surface area contributed by atoms with E-state index in [0.29, 0.717) is 18.1 Å². The van der Waals surface area contributed by atoms with Crippen LogP contribution in [-0.4, -0.2) is 23.0 Å². The van der Waals surface area contributed by atoms with Crippen LogP contribution in [0.5, 0.6) is 11.5 Å². The fourth-order valence-electron chi connectivity index (χ4n) is 2.79. The van der Waals surface area contributed by atoms with Gasteiger partial charge in [0.15, 0.2) is 11.5 Å². The van der Waals surface area contributed by atoms with Crippen LogP contribution in [0, 0.1) is 5.82 Å². The molecule has 0 aliphatic heterocycles. The highest BCUT2D eigenvalue weighted by molar-refractivity contribution is 5.82. The number of fused-ring (bicyclic) bond motifs is 1. The maximum Gasteiger partial charge on any atom is 0.161 e. The minimum Gasteiger partial charge on any atom is -0.493 e. The molecule has 140 valence electrons.